The largest absolute Gasteiger partial charge is 0.466 e. The van der Waals surface area contributed by atoms with Gasteiger partial charge in [0, 0.05) is 12.8 Å². The van der Waals surface area contributed by atoms with E-state index in [9.17, 15) is 0 Å². The summed E-state index contributed by atoms with van der Waals surface area (Å²) in [6.45, 7) is 0. The molecule has 0 atom stereocenters. The number of hydrogen-bond acceptors (Lipinski definition) is 4. The van der Waals surface area contributed by atoms with Crippen molar-refractivity contribution >= 4 is 0 Å². The highest BCUT2D eigenvalue weighted by Crippen LogP contribution is 2.30. The van der Waals surface area contributed by atoms with Gasteiger partial charge in [-0.3, -0.25) is 0 Å². The summed E-state index contributed by atoms with van der Waals surface area (Å²) < 4.78 is 10.4. The van der Waals surface area contributed by atoms with E-state index in [1.165, 1.54) is 0 Å². The molecule has 0 amide bonds. The van der Waals surface area contributed by atoms with Crippen LogP contribution in [0.25, 0.3) is 0 Å². The molecule has 2 N–H and O–H groups in total. The molecule has 2 heterocycles. The zero-order valence-corrected chi connectivity index (χ0v) is 6.91. The molecule has 2 aliphatic rings. The van der Waals surface area contributed by atoms with E-state index in [0.717, 1.165) is 0 Å². The Morgan fingerprint density at radius 1 is 1.46 bits per heavy atom. The minimum Gasteiger partial charge on any atom is -0.466 e. The Labute approximate surface area is 75.5 Å². The minimum atomic E-state index is 0.195. The van der Waals surface area contributed by atoms with Crippen LogP contribution in [0, 0.1) is 11.3 Å². The highest BCUT2D eigenvalue weighted by atomic mass is 16.5. The third-order valence-corrected chi connectivity index (χ3v) is 1.92. The van der Waals surface area contributed by atoms with Crippen molar-refractivity contribution in [1.82, 2.24) is 0 Å². The number of nitrogens with two attached hydrogens (primary N) is 1. The fourth-order valence-corrected chi connectivity index (χ4v) is 1.24. The maximum Gasteiger partial charge on any atom is 0.204 e. The second-order valence-electron chi connectivity index (χ2n) is 2.77. The molecule has 0 aromatic carbocycles. The normalized spacial score (nSPS) is 20.2. The van der Waals surface area contributed by atoms with Crippen molar-refractivity contribution in [1.29, 1.82) is 5.26 Å². The molecule has 66 valence electrons. The van der Waals surface area contributed by atoms with Gasteiger partial charge in [-0.1, -0.05) is 0 Å². The molecule has 2 aliphatic heterocycles. The van der Waals surface area contributed by atoms with Crippen LogP contribution in [0.15, 0.2) is 35.3 Å². The molecule has 0 spiro atoms. The van der Waals surface area contributed by atoms with E-state index in [1.54, 1.807) is 6.26 Å². The topological polar surface area (TPSA) is 68.3 Å². The van der Waals surface area contributed by atoms with Crippen LogP contribution < -0.4 is 5.73 Å². The van der Waals surface area contributed by atoms with Crippen molar-refractivity contribution in [3.05, 3.63) is 35.3 Å². The highest BCUT2D eigenvalue weighted by Gasteiger charge is 2.22. The summed E-state index contributed by atoms with van der Waals surface area (Å²) in [4.78, 5) is 0. The first-order chi connectivity index (χ1) is 6.31. The number of nitrogens with zero attached hydrogens (tertiary/aromatic N) is 1. The van der Waals surface area contributed by atoms with Gasteiger partial charge >= 0.3 is 0 Å². The SMILES string of the molecule is N#CC1=C(N)OC2=C(C1)OC=CC2. The Morgan fingerprint density at radius 2 is 2.31 bits per heavy atom. The Balaban J connectivity index is 2.24. The molecule has 0 radical (unpaired) electrons. The van der Waals surface area contributed by atoms with E-state index in [4.69, 9.17) is 20.5 Å². The van der Waals surface area contributed by atoms with Crippen molar-refractivity contribution in [2.24, 2.45) is 5.73 Å². The molecule has 0 aliphatic carbocycles. The monoisotopic (exact) mass is 176 g/mol. The van der Waals surface area contributed by atoms with E-state index >= 15 is 0 Å². The maximum atomic E-state index is 8.69. The Hall–Kier alpha value is -1.89. The molecular formula is C9H8N2O2. The predicted molar refractivity (Wildman–Crippen MR) is 44.4 cm³/mol. The Bertz CT molecular complexity index is 372. The average molecular weight is 176 g/mol. The summed E-state index contributed by atoms with van der Waals surface area (Å²) in [5.74, 6) is 1.59. The van der Waals surface area contributed by atoms with Gasteiger partial charge in [-0.15, -0.1) is 0 Å². The van der Waals surface area contributed by atoms with Crippen LogP contribution in [-0.4, -0.2) is 0 Å². The van der Waals surface area contributed by atoms with Crippen molar-refractivity contribution < 1.29 is 9.47 Å². The second-order valence-corrected chi connectivity index (χ2v) is 2.77. The van der Waals surface area contributed by atoms with Crippen molar-refractivity contribution in [2.75, 3.05) is 0 Å². The van der Waals surface area contributed by atoms with Gasteiger partial charge in [0.25, 0.3) is 0 Å². The molecule has 0 aromatic rings. The van der Waals surface area contributed by atoms with Gasteiger partial charge in [-0.05, 0) is 6.08 Å². The first-order valence-electron chi connectivity index (χ1n) is 3.91. The molecule has 2 rings (SSSR count). The van der Waals surface area contributed by atoms with Gasteiger partial charge in [0.1, 0.15) is 17.6 Å². The fourth-order valence-electron chi connectivity index (χ4n) is 1.24. The molecule has 13 heavy (non-hydrogen) atoms. The number of ether oxygens (including phenoxy) is 2. The first-order valence-corrected chi connectivity index (χ1v) is 3.91. The second kappa shape index (κ2) is 2.87. The van der Waals surface area contributed by atoms with E-state index in [1.807, 2.05) is 12.1 Å². The molecule has 0 aromatic heterocycles. The molecule has 0 saturated heterocycles. The number of hydrogen-bond donors (Lipinski definition) is 1. The van der Waals surface area contributed by atoms with Gasteiger partial charge in [0.15, 0.2) is 0 Å². The van der Waals surface area contributed by atoms with Crippen LogP contribution in [0.2, 0.25) is 0 Å². The van der Waals surface area contributed by atoms with Gasteiger partial charge in [-0.2, -0.15) is 5.26 Å². The molecule has 4 nitrogen and oxygen atoms in total. The van der Waals surface area contributed by atoms with Crippen LogP contribution in [-0.2, 0) is 9.47 Å². The smallest absolute Gasteiger partial charge is 0.204 e. The van der Waals surface area contributed by atoms with Crippen LogP contribution in [0.5, 0.6) is 0 Å². The summed E-state index contributed by atoms with van der Waals surface area (Å²) in [6, 6.07) is 1.98. The zero-order valence-electron chi connectivity index (χ0n) is 6.91. The Kier molecular flexibility index (Phi) is 1.71. The maximum absolute atomic E-state index is 8.69. The van der Waals surface area contributed by atoms with Gasteiger partial charge in [0.2, 0.25) is 5.88 Å². The summed E-state index contributed by atoms with van der Waals surface area (Å²) in [5, 5.41) is 8.69. The lowest BCUT2D eigenvalue weighted by molar-refractivity contribution is 0.212. The predicted octanol–water partition coefficient (Wildman–Crippen LogP) is 1.25. The molecule has 0 unspecified atom stereocenters. The zero-order chi connectivity index (χ0) is 9.26. The number of rotatable bonds is 0. The molecule has 0 saturated carbocycles. The van der Waals surface area contributed by atoms with Gasteiger partial charge in [-0.25, -0.2) is 0 Å². The standard InChI is InChI=1S/C9H8N2O2/c10-5-6-4-8-7(13-9(6)11)2-1-3-12-8/h1,3H,2,4,11H2. The van der Waals surface area contributed by atoms with Crippen molar-refractivity contribution in [2.45, 2.75) is 12.8 Å². The summed E-state index contributed by atoms with van der Waals surface area (Å²) in [5.41, 5.74) is 5.94. The van der Waals surface area contributed by atoms with E-state index in [2.05, 4.69) is 0 Å². The Morgan fingerprint density at radius 3 is 3.08 bits per heavy atom. The van der Waals surface area contributed by atoms with Gasteiger partial charge < -0.3 is 15.2 Å². The van der Waals surface area contributed by atoms with E-state index in [-0.39, 0.29) is 5.88 Å². The minimum absolute atomic E-state index is 0.195. The fraction of sp³-hybridized carbons (Fsp3) is 0.222. The molecule has 4 heteroatoms. The van der Waals surface area contributed by atoms with Crippen LogP contribution >= 0.6 is 0 Å². The van der Waals surface area contributed by atoms with Crippen molar-refractivity contribution in [3.8, 4) is 6.07 Å². The van der Waals surface area contributed by atoms with Crippen LogP contribution in [0.4, 0.5) is 0 Å². The van der Waals surface area contributed by atoms with E-state index < -0.39 is 0 Å². The molecule has 0 fully saturated rings. The summed E-state index contributed by atoms with van der Waals surface area (Å²) >= 11 is 0. The van der Waals surface area contributed by atoms with E-state index in [0.29, 0.717) is 29.9 Å². The quantitative estimate of drug-likeness (QED) is 0.603. The van der Waals surface area contributed by atoms with Crippen molar-refractivity contribution in [3.63, 3.8) is 0 Å². The molecule has 0 bridgehead atoms. The highest BCUT2D eigenvalue weighted by molar-refractivity contribution is 5.33. The average Bonchev–Trinajstić information content (AvgIpc) is 2.17. The molecular weight excluding hydrogens is 168 g/mol. The number of nitriles is 1. The lowest BCUT2D eigenvalue weighted by Crippen LogP contribution is -2.15. The third-order valence-electron chi connectivity index (χ3n) is 1.92. The number of allylic oxidation sites excluding steroid dienone is 2. The van der Waals surface area contributed by atoms with Gasteiger partial charge in [0.05, 0.1) is 11.8 Å². The van der Waals surface area contributed by atoms with Crippen LogP contribution in [0.3, 0.4) is 0 Å². The van der Waals surface area contributed by atoms with Crippen LogP contribution in [0.1, 0.15) is 12.8 Å². The lowest BCUT2D eigenvalue weighted by Gasteiger charge is -2.21. The third kappa shape index (κ3) is 1.25. The summed E-state index contributed by atoms with van der Waals surface area (Å²) in [7, 11) is 0. The summed E-state index contributed by atoms with van der Waals surface area (Å²) in [6.07, 6.45) is 4.54. The lowest BCUT2D eigenvalue weighted by atomic mass is 10.1. The first kappa shape index (κ1) is 7.74.